The van der Waals surface area contributed by atoms with Crippen molar-refractivity contribution in [1.29, 1.82) is 5.26 Å². The van der Waals surface area contributed by atoms with Crippen molar-refractivity contribution in [2.24, 2.45) is 5.92 Å². The van der Waals surface area contributed by atoms with Crippen LogP contribution in [0, 0.1) is 17.2 Å². The quantitative estimate of drug-likeness (QED) is 0.646. The van der Waals surface area contributed by atoms with Gasteiger partial charge in [-0.05, 0) is 25.0 Å². The van der Waals surface area contributed by atoms with Gasteiger partial charge in [0.1, 0.15) is 12.6 Å². The van der Waals surface area contributed by atoms with E-state index in [9.17, 15) is 18.0 Å². The summed E-state index contributed by atoms with van der Waals surface area (Å²) in [5.41, 5.74) is -0.0366. The van der Waals surface area contributed by atoms with Crippen LogP contribution in [0.25, 0.3) is 0 Å². The molecule has 0 bridgehead atoms. The van der Waals surface area contributed by atoms with E-state index in [0.29, 0.717) is 0 Å². The van der Waals surface area contributed by atoms with Crippen LogP contribution < -0.4 is 10.0 Å². The lowest BCUT2D eigenvalue weighted by molar-refractivity contribution is -0.147. The number of ether oxygens (including phenoxy) is 1. The van der Waals surface area contributed by atoms with Crippen molar-refractivity contribution >= 4 is 21.9 Å². The summed E-state index contributed by atoms with van der Waals surface area (Å²) in [5.74, 6) is -1.13. The number of nitrogens with zero attached hydrogens (tertiary/aromatic N) is 1. The van der Waals surface area contributed by atoms with Crippen molar-refractivity contribution in [3.63, 3.8) is 0 Å². The summed E-state index contributed by atoms with van der Waals surface area (Å²) < 4.78 is 31.0. The number of hydrogen-bond donors (Lipinski definition) is 2. The Labute approximate surface area is 147 Å². The third-order valence-electron chi connectivity index (χ3n) is 3.46. The fourth-order valence-electron chi connectivity index (χ4n) is 1.68. The zero-order chi connectivity index (χ0) is 19.0. The van der Waals surface area contributed by atoms with Crippen LogP contribution >= 0.6 is 0 Å². The highest BCUT2D eigenvalue weighted by molar-refractivity contribution is 7.89. The minimum absolute atomic E-state index is 0.0366. The first kappa shape index (κ1) is 20.6. The monoisotopic (exact) mass is 367 g/mol. The fraction of sp³-hybridized carbons (Fsp3) is 0.438. The van der Waals surface area contributed by atoms with Gasteiger partial charge in [-0.3, -0.25) is 9.59 Å². The Morgan fingerprint density at radius 3 is 2.48 bits per heavy atom. The van der Waals surface area contributed by atoms with E-state index in [4.69, 9.17) is 10.00 Å². The number of carbonyl (C=O) groups excluding carboxylic acids is 2. The highest BCUT2D eigenvalue weighted by Crippen LogP contribution is 2.13. The lowest BCUT2D eigenvalue weighted by atomic mass is 10.1. The van der Waals surface area contributed by atoms with Gasteiger partial charge in [0.25, 0.3) is 5.91 Å². The molecule has 0 spiro atoms. The van der Waals surface area contributed by atoms with Gasteiger partial charge in [-0.1, -0.05) is 26.0 Å². The van der Waals surface area contributed by atoms with Crippen LogP contribution in [0.4, 0.5) is 0 Å². The predicted molar refractivity (Wildman–Crippen MR) is 89.7 cm³/mol. The molecule has 2 N–H and O–H groups in total. The lowest BCUT2D eigenvalue weighted by Gasteiger charge is -2.17. The Kier molecular flexibility index (Phi) is 7.54. The largest absolute Gasteiger partial charge is 0.455 e. The van der Waals surface area contributed by atoms with Crippen LogP contribution in [-0.2, 0) is 24.3 Å². The highest BCUT2D eigenvalue weighted by Gasteiger charge is 2.20. The Morgan fingerprint density at radius 1 is 1.24 bits per heavy atom. The van der Waals surface area contributed by atoms with E-state index in [1.54, 1.807) is 6.07 Å². The molecule has 1 rings (SSSR count). The molecule has 136 valence electrons. The molecule has 1 amide bonds. The molecular weight excluding hydrogens is 346 g/mol. The normalized spacial score (nSPS) is 12.3. The molecule has 0 aliphatic carbocycles. The van der Waals surface area contributed by atoms with Crippen molar-refractivity contribution < 1.29 is 22.7 Å². The van der Waals surface area contributed by atoms with E-state index in [1.807, 2.05) is 25.5 Å². The number of benzene rings is 1. The minimum Gasteiger partial charge on any atom is -0.455 e. The molecule has 0 fully saturated rings. The maximum atomic E-state index is 12.1. The lowest BCUT2D eigenvalue weighted by Crippen LogP contribution is -2.39. The summed E-state index contributed by atoms with van der Waals surface area (Å²) in [6, 6.07) is 7.30. The zero-order valence-electron chi connectivity index (χ0n) is 14.3. The SMILES string of the molecule is CC(C)[C@H](C)NC(=O)COC(=O)CNS(=O)(=O)c1ccccc1C#N. The molecule has 8 nitrogen and oxygen atoms in total. The molecule has 0 saturated carbocycles. The van der Waals surface area contributed by atoms with Crippen LogP contribution in [0.15, 0.2) is 29.2 Å². The van der Waals surface area contributed by atoms with Gasteiger partial charge in [0.05, 0.1) is 10.5 Å². The van der Waals surface area contributed by atoms with Crippen molar-refractivity contribution in [3.8, 4) is 6.07 Å². The average Bonchev–Trinajstić information content (AvgIpc) is 2.58. The van der Waals surface area contributed by atoms with Crippen molar-refractivity contribution in [2.75, 3.05) is 13.2 Å². The van der Waals surface area contributed by atoms with Crippen LogP contribution in [0.3, 0.4) is 0 Å². The van der Waals surface area contributed by atoms with Crippen LogP contribution in [-0.4, -0.2) is 39.5 Å². The van der Waals surface area contributed by atoms with E-state index in [-0.39, 0.29) is 22.4 Å². The van der Waals surface area contributed by atoms with E-state index < -0.39 is 35.1 Å². The van der Waals surface area contributed by atoms with Crippen molar-refractivity contribution in [2.45, 2.75) is 31.7 Å². The molecule has 25 heavy (non-hydrogen) atoms. The smallest absolute Gasteiger partial charge is 0.321 e. The molecule has 9 heteroatoms. The van der Waals surface area contributed by atoms with Gasteiger partial charge in [-0.15, -0.1) is 0 Å². The predicted octanol–water partition coefficient (Wildman–Crippen LogP) is 0.540. The Morgan fingerprint density at radius 2 is 1.88 bits per heavy atom. The van der Waals surface area contributed by atoms with Gasteiger partial charge in [-0.2, -0.15) is 9.98 Å². The number of sulfonamides is 1. The Bertz CT molecular complexity index is 768. The zero-order valence-corrected chi connectivity index (χ0v) is 15.1. The summed E-state index contributed by atoms with van der Waals surface area (Å²) in [6.45, 7) is 4.56. The second-order valence-electron chi connectivity index (χ2n) is 5.69. The van der Waals surface area contributed by atoms with Crippen LogP contribution in [0.5, 0.6) is 0 Å². The van der Waals surface area contributed by atoms with Gasteiger partial charge in [0.2, 0.25) is 10.0 Å². The molecule has 1 aromatic carbocycles. The van der Waals surface area contributed by atoms with Gasteiger partial charge < -0.3 is 10.1 Å². The Balaban J connectivity index is 2.54. The summed E-state index contributed by atoms with van der Waals surface area (Å²) in [5, 5.41) is 11.6. The molecule has 0 aliphatic rings. The van der Waals surface area contributed by atoms with E-state index >= 15 is 0 Å². The standard InChI is InChI=1S/C16H21N3O5S/c1-11(2)12(3)19-15(20)10-24-16(21)9-18-25(22,23)14-7-5-4-6-13(14)8-17/h4-7,11-12,18H,9-10H2,1-3H3,(H,19,20)/t12-/m0/s1. The number of amides is 1. The van der Waals surface area contributed by atoms with Crippen molar-refractivity contribution in [1.82, 2.24) is 10.0 Å². The molecule has 0 unspecified atom stereocenters. The van der Waals surface area contributed by atoms with Gasteiger partial charge in [0, 0.05) is 6.04 Å². The molecule has 0 heterocycles. The third kappa shape index (κ3) is 6.52. The van der Waals surface area contributed by atoms with E-state index in [1.165, 1.54) is 24.3 Å². The minimum atomic E-state index is -4.04. The molecule has 1 atom stereocenters. The number of esters is 1. The second-order valence-corrected chi connectivity index (χ2v) is 7.43. The summed E-state index contributed by atoms with van der Waals surface area (Å²) in [4.78, 5) is 23.0. The first-order valence-corrected chi connectivity index (χ1v) is 9.09. The number of nitrogens with one attached hydrogen (secondary N) is 2. The molecule has 0 saturated heterocycles. The molecule has 0 aliphatic heterocycles. The first-order chi connectivity index (χ1) is 11.7. The third-order valence-corrected chi connectivity index (χ3v) is 4.92. The molecule has 0 aromatic heterocycles. The van der Waals surface area contributed by atoms with Crippen molar-refractivity contribution in [3.05, 3.63) is 29.8 Å². The van der Waals surface area contributed by atoms with E-state index in [2.05, 4.69) is 5.32 Å². The average molecular weight is 367 g/mol. The first-order valence-electron chi connectivity index (χ1n) is 7.61. The number of rotatable bonds is 8. The second kappa shape index (κ2) is 9.15. The molecule has 1 aromatic rings. The summed E-state index contributed by atoms with van der Waals surface area (Å²) >= 11 is 0. The summed E-state index contributed by atoms with van der Waals surface area (Å²) in [6.07, 6.45) is 0. The van der Waals surface area contributed by atoms with Crippen LogP contribution in [0.1, 0.15) is 26.3 Å². The molecular formula is C16H21N3O5S. The summed E-state index contributed by atoms with van der Waals surface area (Å²) in [7, 11) is -4.04. The maximum Gasteiger partial charge on any atom is 0.321 e. The number of hydrogen-bond acceptors (Lipinski definition) is 6. The molecule has 0 radical (unpaired) electrons. The number of nitriles is 1. The van der Waals surface area contributed by atoms with Crippen LogP contribution in [0.2, 0.25) is 0 Å². The number of carbonyl (C=O) groups is 2. The van der Waals surface area contributed by atoms with Gasteiger partial charge in [0.15, 0.2) is 6.61 Å². The highest BCUT2D eigenvalue weighted by atomic mass is 32.2. The van der Waals surface area contributed by atoms with E-state index in [0.717, 1.165) is 0 Å². The maximum absolute atomic E-state index is 12.1. The fourth-order valence-corrected chi connectivity index (χ4v) is 2.81. The van der Waals surface area contributed by atoms with Gasteiger partial charge in [-0.25, -0.2) is 8.42 Å². The topological polar surface area (TPSA) is 125 Å². The Hall–Kier alpha value is -2.44. The van der Waals surface area contributed by atoms with Gasteiger partial charge >= 0.3 is 5.97 Å².